The highest BCUT2D eigenvalue weighted by atomic mass is 15.2. The molecule has 0 bridgehead atoms. The molecule has 1 saturated carbocycles. The Morgan fingerprint density at radius 3 is 1.95 bits per heavy atom. The molecule has 1 aliphatic carbocycles. The molecule has 1 atom stereocenters. The molecule has 112 valence electrons. The second-order valence-electron chi connectivity index (χ2n) is 7.55. The molecule has 0 amide bonds. The van der Waals surface area contributed by atoms with Crippen LogP contribution in [0.2, 0.25) is 0 Å². The minimum atomic E-state index is 0.106. The Labute approximate surface area is 124 Å². The van der Waals surface area contributed by atoms with E-state index in [4.69, 9.17) is 5.73 Å². The topological polar surface area (TPSA) is 29.3 Å². The van der Waals surface area contributed by atoms with Crippen LogP contribution in [0, 0.1) is 0 Å². The van der Waals surface area contributed by atoms with Gasteiger partial charge in [0, 0.05) is 11.6 Å². The molecular weight excluding hydrogens is 244 g/mol. The second-order valence-corrected chi connectivity index (χ2v) is 7.55. The van der Waals surface area contributed by atoms with Crippen molar-refractivity contribution in [2.24, 2.45) is 5.73 Å². The summed E-state index contributed by atoms with van der Waals surface area (Å²) in [6, 6.07) is 9.05. The lowest BCUT2D eigenvalue weighted by atomic mass is 9.81. The van der Waals surface area contributed by atoms with Gasteiger partial charge in [-0.3, -0.25) is 0 Å². The Balaban J connectivity index is 2.26. The predicted molar refractivity (Wildman–Crippen MR) is 87.0 cm³/mol. The SMILES string of the molecule is CN(C)C1(C(N)c2ccc(C(C)(C)C)cc2)CCCC1. The van der Waals surface area contributed by atoms with Crippen LogP contribution in [-0.2, 0) is 5.41 Å². The van der Waals surface area contributed by atoms with Crippen LogP contribution in [0.25, 0.3) is 0 Å². The molecule has 1 aromatic rings. The lowest BCUT2D eigenvalue weighted by Gasteiger charge is -2.41. The molecule has 0 aliphatic heterocycles. The molecule has 2 heteroatoms. The largest absolute Gasteiger partial charge is 0.322 e. The Morgan fingerprint density at radius 1 is 1.05 bits per heavy atom. The number of hydrogen-bond donors (Lipinski definition) is 1. The summed E-state index contributed by atoms with van der Waals surface area (Å²) in [7, 11) is 4.35. The highest BCUT2D eigenvalue weighted by molar-refractivity contribution is 5.31. The average Bonchev–Trinajstić information content (AvgIpc) is 2.87. The van der Waals surface area contributed by atoms with Gasteiger partial charge in [-0.2, -0.15) is 0 Å². The minimum Gasteiger partial charge on any atom is -0.322 e. The zero-order chi connectivity index (χ0) is 15.0. The highest BCUT2D eigenvalue weighted by Gasteiger charge is 2.42. The van der Waals surface area contributed by atoms with Crippen LogP contribution in [0.1, 0.15) is 63.6 Å². The summed E-state index contributed by atoms with van der Waals surface area (Å²) in [5.41, 5.74) is 9.65. The van der Waals surface area contributed by atoms with Crippen LogP contribution in [-0.4, -0.2) is 24.5 Å². The average molecular weight is 274 g/mol. The molecular formula is C18H30N2. The standard InChI is InChI=1S/C18H30N2/c1-17(2,3)15-10-8-14(9-11-15)16(19)18(20(4)5)12-6-7-13-18/h8-11,16H,6-7,12-13,19H2,1-5H3. The minimum absolute atomic E-state index is 0.106. The third-order valence-corrected chi connectivity index (χ3v) is 5.07. The zero-order valence-electron chi connectivity index (χ0n) is 13.7. The summed E-state index contributed by atoms with van der Waals surface area (Å²) in [5.74, 6) is 0. The van der Waals surface area contributed by atoms with Gasteiger partial charge in [0.05, 0.1) is 0 Å². The van der Waals surface area contributed by atoms with E-state index in [-0.39, 0.29) is 17.0 Å². The fraction of sp³-hybridized carbons (Fsp3) is 0.667. The quantitative estimate of drug-likeness (QED) is 0.907. The van der Waals surface area contributed by atoms with E-state index >= 15 is 0 Å². The maximum Gasteiger partial charge on any atom is 0.0481 e. The van der Waals surface area contributed by atoms with E-state index in [1.165, 1.54) is 36.8 Å². The monoisotopic (exact) mass is 274 g/mol. The third-order valence-electron chi connectivity index (χ3n) is 5.07. The summed E-state index contributed by atoms with van der Waals surface area (Å²) >= 11 is 0. The Kier molecular flexibility index (Phi) is 4.27. The van der Waals surface area contributed by atoms with Crippen molar-refractivity contribution in [3.63, 3.8) is 0 Å². The lowest BCUT2D eigenvalue weighted by molar-refractivity contribution is 0.123. The van der Waals surface area contributed by atoms with Gasteiger partial charge in [-0.15, -0.1) is 0 Å². The van der Waals surface area contributed by atoms with Crippen LogP contribution in [0.5, 0.6) is 0 Å². The first kappa shape index (κ1) is 15.5. The van der Waals surface area contributed by atoms with Gasteiger partial charge in [-0.1, -0.05) is 57.9 Å². The maximum absolute atomic E-state index is 6.65. The van der Waals surface area contributed by atoms with E-state index in [0.717, 1.165) is 0 Å². The summed E-state index contributed by atoms with van der Waals surface area (Å²) < 4.78 is 0. The zero-order valence-corrected chi connectivity index (χ0v) is 13.7. The van der Waals surface area contributed by atoms with Crippen LogP contribution < -0.4 is 5.73 Å². The molecule has 0 radical (unpaired) electrons. The first-order valence-corrected chi connectivity index (χ1v) is 7.81. The molecule has 1 fully saturated rings. The predicted octanol–water partition coefficient (Wildman–Crippen LogP) is 3.86. The Morgan fingerprint density at radius 2 is 1.55 bits per heavy atom. The summed E-state index contributed by atoms with van der Waals surface area (Å²) in [6.45, 7) is 6.75. The number of hydrogen-bond acceptors (Lipinski definition) is 2. The smallest absolute Gasteiger partial charge is 0.0481 e. The molecule has 0 aromatic heterocycles. The van der Waals surface area contributed by atoms with Crippen molar-refractivity contribution in [2.75, 3.05) is 14.1 Å². The van der Waals surface area contributed by atoms with E-state index in [1.54, 1.807) is 0 Å². The van der Waals surface area contributed by atoms with Gasteiger partial charge in [0.1, 0.15) is 0 Å². The van der Waals surface area contributed by atoms with E-state index in [0.29, 0.717) is 0 Å². The fourth-order valence-corrected chi connectivity index (χ4v) is 3.52. The molecule has 1 aromatic carbocycles. The van der Waals surface area contributed by atoms with Gasteiger partial charge in [0.25, 0.3) is 0 Å². The van der Waals surface area contributed by atoms with E-state index in [1.807, 2.05) is 0 Å². The summed E-state index contributed by atoms with van der Waals surface area (Å²) in [6.07, 6.45) is 5.02. The van der Waals surface area contributed by atoms with Crippen LogP contribution in [0.15, 0.2) is 24.3 Å². The van der Waals surface area contributed by atoms with E-state index in [9.17, 15) is 0 Å². The van der Waals surface area contributed by atoms with Crippen molar-refractivity contribution in [3.8, 4) is 0 Å². The van der Waals surface area contributed by atoms with Crippen molar-refractivity contribution < 1.29 is 0 Å². The van der Waals surface area contributed by atoms with Gasteiger partial charge < -0.3 is 10.6 Å². The van der Waals surface area contributed by atoms with Crippen LogP contribution in [0.4, 0.5) is 0 Å². The van der Waals surface area contributed by atoms with Gasteiger partial charge in [0.2, 0.25) is 0 Å². The first-order chi connectivity index (χ1) is 9.27. The molecule has 2 rings (SSSR count). The Hall–Kier alpha value is -0.860. The highest BCUT2D eigenvalue weighted by Crippen LogP contribution is 2.42. The molecule has 20 heavy (non-hydrogen) atoms. The van der Waals surface area contributed by atoms with E-state index in [2.05, 4.69) is 64.0 Å². The first-order valence-electron chi connectivity index (χ1n) is 7.81. The molecule has 2 N–H and O–H groups in total. The van der Waals surface area contributed by atoms with Crippen molar-refractivity contribution in [2.45, 2.75) is 63.5 Å². The summed E-state index contributed by atoms with van der Waals surface area (Å²) in [5, 5.41) is 0. The van der Waals surface area contributed by atoms with Crippen molar-refractivity contribution in [1.29, 1.82) is 0 Å². The third kappa shape index (κ3) is 2.77. The van der Waals surface area contributed by atoms with Gasteiger partial charge >= 0.3 is 0 Å². The molecule has 0 heterocycles. The van der Waals surface area contributed by atoms with E-state index < -0.39 is 0 Å². The second kappa shape index (κ2) is 5.50. The summed E-state index contributed by atoms with van der Waals surface area (Å²) in [4.78, 5) is 2.35. The van der Waals surface area contributed by atoms with Crippen LogP contribution in [0.3, 0.4) is 0 Å². The van der Waals surface area contributed by atoms with Gasteiger partial charge in [-0.05, 0) is 43.5 Å². The van der Waals surface area contributed by atoms with Crippen molar-refractivity contribution >= 4 is 0 Å². The van der Waals surface area contributed by atoms with Gasteiger partial charge in [0.15, 0.2) is 0 Å². The lowest BCUT2D eigenvalue weighted by Crippen LogP contribution is -2.50. The molecule has 0 saturated heterocycles. The molecule has 1 unspecified atom stereocenters. The molecule has 2 nitrogen and oxygen atoms in total. The maximum atomic E-state index is 6.65. The Bertz CT molecular complexity index is 433. The number of nitrogens with two attached hydrogens (primary N) is 1. The van der Waals surface area contributed by atoms with Crippen molar-refractivity contribution in [3.05, 3.63) is 35.4 Å². The van der Waals surface area contributed by atoms with Crippen LogP contribution >= 0.6 is 0 Å². The molecule has 0 spiro atoms. The number of rotatable bonds is 3. The van der Waals surface area contributed by atoms with Gasteiger partial charge in [-0.25, -0.2) is 0 Å². The fourth-order valence-electron chi connectivity index (χ4n) is 3.52. The molecule has 1 aliphatic rings. The number of nitrogens with zero attached hydrogens (tertiary/aromatic N) is 1. The van der Waals surface area contributed by atoms with Crippen molar-refractivity contribution in [1.82, 2.24) is 4.90 Å². The number of likely N-dealkylation sites (N-methyl/N-ethyl adjacent to an activating group) is 1. The number of benzene rings is 1. The normalized spacial score (nSPS) is 20.4.